The molecule has 1 fully saturated rings. The maximum Gasteiger partial charge on any atom is 0.122 e. The number of hydrogen-bond donors (Lipinski definition) is 0. The molecule has 1 aromatic rings. The minimum Gasteiger partial charge on any atom is -0.491 e. The van der Waals surface area contributed by atoms with E-state index in [1.165, 1.54) is 17.5 Å². The van der Waals surface area contributed by atoms with Gasteiger partial charge in [-0.3, -0.25) is 0 Å². The van der Waals surface area contributed by atoms with Gasteiger partial charge >= 0.3 is 0 Å². The van der Waals surface area contributed by atoms with Crippen molar-refractivity contribution in [2.45, 2.75) is 75.3 Å². The fourth-order valence-corrected chi connectivity index (χ4v) is 1.21. The Kier molecular flexibility index (Phi) is 20.2. The number of benzene rings is 1. The largest absolute Gasteiger partial charge is 0.491 e. The summed E-state index contributed by atoms with van der Waals surface area (Å²) in [6, 6.07) is 6.24. The second-order valence-electron chi connectivity index (χ2n) is 4.24. The van der Waals surface area contributed by atoms with Crippen LogP contribution in [0.2, 0.25) is 0 Å². The highest BCUT2D eigenvalue weighted by molar-refractivity contribution is 5.35. The molecule has 0 spiro atoms. The average molecular weight is 299 g/mol. The molecule has 1 aliphatic heterocycles. The van der Waals surface area contributed by atoms with Crippen molar-refractivity contribution in [1.82, 2.24) is 0 Å². The molecule has 1 saturated heterocycles. The molecule has 21 heavy (non-hydrogen) atoms. The first-order valence-corrected chi connectivity index (χ1v) is 7.99. The second kappa shape index (κ2) is 17.0. The fourth-order valence-electron chi connectivity index (χ4n) is 1.21. The van der Waals surface area contributed by atoms with E-state index < -0.39 is 0 Å². The van der Waals surface area contributed by atoms with Gasteiger partial charge in [0.05, 0.1) is 6.61 Å². The van der Waals surface area contributed by atoms with Crippen LogP contribution in [0.3, 0.4) is 0 Å². The highest BCUT2D eigenvalue weighted by Crippen LogP contribution is 2.20. The molecule has 0 aliphatic carbocycles. The molecule has 2 rings (SSSR count). The van der Waals surface area contributed by atoms with Gasteiger partial charge in [0.2, 0.25) is 0 Å². The van der Waals surface area contributed by atoms with Crippen LogP contribution >= 0.6 is 0 Å². The van der Waals surface area contributed by atoms with Crippen molar-refractivity contribution >= 4 is 0 Å². The summed E-state index contributed by atoms with van der Waals surface area (Å²) >= 11 is 0. The third-order valence-electron chi connectivity index (χ3n) is 2.17. The molecule has 2 heteroatoms. The molecule has 1 unspecified atom stereocenters. The zero-order chi connectivity index (χ0) is 16.0. The van der Waals surface area contributed by atoms with Crippen molar-refractivity contribution in [1.29, 1.82) is 0 Å². The van der Waals surface area contributed by atoms with E-state index in [0.29, 0.717) is 12.7 Å². The van der Waals surface area contributed by atoms with E-state index in [4.69, 9.17) is 9.47 Å². The van der Waals surface area contributed by atoms with Crippen LogP contribution in [0, 0.1) is 13.8 Å². The lowest BCUT2D eigenvalue weighted by Crippen LogP contribution is -2.05. The van der Waals surface area contributed by atoms with Gasteiger partial charge in [-0.05, 0) is 31.0 Å². The summed E-state index contributed by atoms with van der Waals surface area (Å²) < 4.78 is 10.7. The van der Waals surface area contributed by atoms with Crippen LogP contribution in [0.1, 0.15) is 66.5 Å². The Bertz CT molecular complexity index is 317. The van der Waals surface area contributed by atoms with Crippen LogP contribution in [0.5, 0.6) is 5.75 Å². The minimum absolute atomic E-state index is 0. The Balaban J connectivity index is -0.000000354. The van der Waals surface area contributed by atoms with Crippen molar-refractivity contribution in [2.75, 3.05) is 13.2 Å². The summed E-state index contributed by atoms with van der Waals surface area (Å²) in [7, 11) is 0. The monoisotopic (exact) mass is 298 g/mol. The Morgan fingerprint density at radius 2 is 1.57 bits per heavy atom. The third-order valence-corrected chi connectivity index (χ3v) is 2.17. The van der Waals surface area contributed by atoms with Gasteiger partial charge in [0.25, 0.3) is 0 Å². The van der Waals surface area contributed by atoms with Crippen LogP contribution in [-0.2, 0) is 4.74 Å². The Morgan fingerprint density at radius 1 is 1.10 bits per heavy atom. The molecule has 0 amide bonds. The summed E-state index contributed by atoms with van der Waals surface area (Å²) in [5, 5.41) is 0. The van der Waals surface area contributed by atoms with Crippen molar-refractivity contribution in [3.63, 3.8) is 0 Å². The predicted molar refractivity (Wildman–Crippen MR) is 96.5 cm³/mol. The average Bonchev–Trinajstić information content (AvgIpc) is 3.29. The van der Waals surface area contributed by atoms with Crippen LogP contribution in [0.4, 0.5) is 0 Å². The van der Waals surface area contributed by atoms with E-state index in [1.807, 2.05) is 27.7 Å². The number of epoxide rings is 1. The lowest BCUT2D eigenvalue weighted by atomic mass is 10.1. The van der Waals surface area contributed by atoms with Gasteiger partial charge in [0.15, 0.2) is 0 Å². The third kappa shape index (κ3) is 13.7. The summed E-state index contributed by atoms with van der Waals surface area (Å²) in [4.78, 5) is 0. The lowest BCUT2D eigenvalue weighted by molar-refractivity contribution is 0.261. The van der Waals surface area contributed by atoms with E-state index in [1.54, 1.807) is 0 Å². The standard InChI is InChI=1S/C11H14O2.C3H8.2C2H6.CH4/c1-8-3-4-9(2)11(5-8)13-7-10-6-12-10;1-3-2;2*1-2;/h3-5,10H,6-7H2,1-2H3;3H2,1-2H3;2*1-2H3;1H4. The summed E-state index contributed by atoms with van der Waals surface area (Å²) in [5.74, 6) is 0.982. The minimum atomic E-state index is 0. The van der Waals surface area contributed by atoms with Crippen molar-refractivity contribution in [3.8, 4) is 5.75 Å². The topological polar surface area (TPSA) is 21.8 Å². The summed E-state index contributed by atoms with van der Waals surface area (Å²) in [5.41, 5.74) is 2.42. The van der Waals surface area contributed by atoms with Gasteiger partial charge in [0, 0.05) is 0 Å². The highest BCUT2D eigenvalue weighted by atomic mass is 16.6. The molecule has 1 heterocycles. The summed E-state index contributed by atoms with van der Waals surface area (Å²) in [6.45, 7) is 17.9. The van der Waals surface area contributed by atoms with Gasteiger partial charge < -0.3 is 9.47 Å². The van der Waals surface area contributed by atoms with Gasteiger partial charge in [-0.25, -0.2) is 0 Å². The quantitative estimate of drug-likeness (QED) is 0.621. The summed E-state index contributed by atoms with van der Waals surface area (Å²) in [6.07, 6.45) is 1.58. The van der Waals surface area contributed by atoms with Gasteiger partial charge in [-0.1, -0.05) is 67.5 Å². The zero-order valence-corrected chi connectivity index (χ0v) is 14.7. The highest BCUT2D eigenvalue weighted by Gasteiger charge is 2.23. The van der Waals surface area contributed by atoms with E-state index in [0.717, 1.165) is 12.4 Å². The number of aryl methyl sites for hydroxylation is 2. The van der Waals surface area contributed by atoms with Crippen LogP contribution in [0.25, 0.3) is 0 Å². The smallest absolute Gasteiger partial charge is 0.122 e. The van der Waals surface area contributed by atoms with Crippen LogP contribution < -0.4 is 4.74 Å². The second-order valence-corrected chi connectivity index (χ2v) is 4.24. The Morgan fingerprint density at radius 3 is 2.00 bits per heavy atom. The molecule has 2 nitrogen and oxygen atoms in total. The Hall–Kier alpha value is -1.02. The van der Waals surface area contributed by atoms with Crippen molar-refractivity contribution in [2.24, 2.45) is 0 Å². The lowest BCUT2D eigenvalue weighted by Gasteiger charge is -2.08. The van der Waals surface area contributed by atoms with Gasteiger partial charge in [-0.2, -0.15) is 0 Å². The molecule has 1 aromatic carbocycles. The van der Waals surface area contributed by atoms with E-state index >= 15 is 0 Å². The Labute approximate surface area is 133 Å². The first-order valence-electron chi connectivity index (χ1n) is 7.99. The molecule has 0 N–H and O–H groups in total. The molecule has 1 atom stereocenters. The molecule has 0 bridgehead atoms. The van der Waals surface area contributed by atoms with Crippen molar-refractivity contribution < 1.29 is 9.47 Å². The molecule has 0 radical (unpaired) electrons. The molecular formula is C19H38O2. The first kappa shape index (κ1) is 25.0. The first-order chi connectivity index (χ1) is 9.67. The fraction of sp³-hybridized carbons (Fsp3) is 0.684. The normalized spacial score (nSPS) is 13.8. The van der Waals surface area contributed by atoms with Crippen LogP contribution in [0.15, 0.2) is 18.2 Å². The molecule has 126 valence electrons. The van der Waals surface area contributed by atoms with E-state index in [2.05, 4.69) is 45.9 Å². The number of rotatable bonds is 3. The molecule has 0 saturated carbocycles. The van der Waals surface area contributed by atoms with Crippen molar-refractivity contribution in [3.05, 3.63) is 29.3 Å². The SMILES string of the molecule is C.CC.CC.CCC.Cc1ccc(C)c(OCC2CO2)c1. The molecular weight excluding hydrogens is 260 g/mol. The van der Waals surface area contributed by atoms with Gasteiger partial charge in [-0.15, -0.1) is 0 Å². The molecule has 0 aromatic heterocycles. The van der Waals surface area contributed by atoms with E-state index in [-0.39, 0.29) is 7.43 Å². The van der Waals surface area contributed by atoms with Crippen LogP contribution in [-0.4, -0.2) is 19.3 Å². The predicted octanol–water partition coefficient (Wildman–Crippen LogP) is 6.19. The van der Waals surface area contributed by atoms with Gasteiger partial charge in [0.1, 0.15) is 18.5 Å². The zero-order valence-electron chi connectivity index (χ0n) is 14.7. The maximum atomic E-state index is 5.62. The number of hydrogen-bond acceptors (Lipinski definition) is 2. The molecule has 1 aliphatic rings. The number of ether oxygens (including phenoxy) is 2. The maximum absolute atomic E-state index is 5.62. The van der Waals surface area contributed by atoms with E-state index in [9.17, 15) is 0 Å².